The van der Waals surface area contributed by atoms with E-state index in [9.17, 15) is 13.2 Å². The predicted octanol–water partition coefficient (Wildman–Crippen LogP) is 2.67. The van der Waals surface area contributed by atoms with Crippen LogP contribution in [0.5, 0.6) is 5.75 Å². The molecule has 150 valence electrons. The molecule has 2 aromatic carbocycles. The lowest BCUT2D eigenvalue weighted by Gasteiger charge is -2.31. The summed E-state index contributed by atoms with van der Waals surface area (Å²) >= 11 is 0. The monoisotopic (exact) mass is 402 g/mol. The van der Waals surface area contributed by atoms with Crippen molar-refractivity contribution < 1.29 is 17.9 Å². The van der Waals surface area contributed by atoms with E-state index in [1.54, 1.807) is 30.3 Å². The number of benzene rings is 2. The summed E-state index contributed by atoms with van der Waals surface area (Å²) < 4.78 is 32.7. The molecule has 2 atom stereocenters. The first-order valence-corrected chi connectivity index (χ1v) is 10.9. The van der Waals surface area contributed by atoms with Gasteiger partial charge in [-0.1, -0.05) is 36.4 Å². The molecule has 3 rings (SSSR count). The fraction of sp³-hybridized carbons (Fsp3) is 0.381. The lowest BCUT2D eigenvalue weighted by molar-refractivity contribution is -0.126. The van der Waals surface area contributed by atoms with E-state index in [4.69, 9.17) is 4.74 Å². The van der Waals surface area contributed by atoms with Gasteiger partial charge in [-0.25, -0.2) is 8.42 Å². The van der Waals surface area contributed by atoms with E-state index >= 15 is 0 Å². The van der Waals surface area contributed by atoms with Gasteiger partial charge in [-0.3, -0.25) is 4.79 Å². The van der Waals surface area contributed by atoms with E-state index in [1.807, 2.05) is 37.3 Å². The maximum absolute atomic E-state index is 12.8. The van der Waals surface area contributed by atoms with Crippen LogP contribution < -0.4 is 10.1 Å². The maximum Gasteiger partial charge on any atom is 0.243 e. The van der Waals surface area contributed by atoms with Crippen LogP contribution >= 0.6 is 0 Å². The number of ether oxygens (including phenoxy) is 1. The summed E-state index contributed by atoms with van der Waals surface area (Å²) in [6.07, 6.45) is 1.35. The summed E-state index contributed by atoms with van der Waals surface area (Å²) in [6.45, 7) is 2.87. The van der Waals surface area contributed by atoms with Crippen LogP contribution in [0, 0.1) is 5.92 Å². The first-order chi connectivity index (χ1) is 13.5. The van der Waals surface area contributed by atoms with Gasteiger partial charge in [0.2, 0.25) is 15.9 Å². The minimum Gasteiger partial charge on any atom is -0.491 e. The summed E-state index contributed by atoms with van der Waals surface area (Å²) in [5.41, 5.74) is 0. The number of nitrogens with zero attached hydrogens (tertiary/aromatic N) is 1. The maximum atomic E-state index is 12.8. The van der Waals surface area contributed by atoms with Crippen molar-refractivity contribution in [2.24, 2.45) is 5.92 Å². The third kappa shape index (κ3) is 5.11. The molecule has 2 aromatic rings. The van der Waals surface area contributed by atoms with Crippen molar-refractivity contribution in [3.63, 3.8) is 0 Å². The topological polar surface area (TPSA) is 75.7 Å². The van der Waals surface area contributed by atoms with E-state index in [-0.39, 0.29) is 29.3 Å². The number of sulfonamides is 1. The zero-order valence-corrected chi connectivity index (χ0v) is 16.8. The number of carbonyl (C=O) groups excluding carboxylic acids is 1. The molecule has 1 N–H and O–H groups in total. The number of hydrogen-bond donors (Lipinski definition) is 1. The number of rotatable bonds is 7. The second-order valence-corrected chi connectivity index (χ2v) is 8.99. The molecule has 7 heteroatoms. The second kappa shape index (κ2) is 9.21. The van der Waals surface area contributed by atoms with Crippen LogP contribution in [-0.2, 0) is 14.8 Å². The van der Waals surface area contributed by atoms with E-state index in [1.165, 1.54) is 4.31 Å². The average Bonchev–Trinajstić information content (AvgIpc) is 2.73. The summed E-state index contributed by atoms with van der Waals surface area (Å²) in [5.74, 6) is 0.268. The Bertz CT molecular complexity index is 872. The van der Waals surface area contributed by atoms with Crippen LogP contribution in [0.1, 0.15) is 19.8 Å². The quantitative estimate of drug-likeness (QED) is 0.773. The van der Waals surface area contributed by atoms with Crippen molar-refractivity contribution in [3.05, 3.63) is 60.7 Å². The SMILES string of the molecule is C[C@@H](COc1ccccc1)NC(=O)[C@@H]1CCCN(S(=O)(=O)c2ccccc2)C1. The Balaban J connectivity index is 1.55. The number of nitrogens with one attached hydrogen (secondary N) is 1. The smallest absolute Gasteiger partial charge is 0.243 e. The first kappa shape index (κ1) is 20.4. The van der Waals surface area contributed by atoms with Crippen LogP contribution in [0.3, 0.4) is 0 Å². The number of amides is 1. The second-order valence-electron chi connectivity index (χ2n) is 7.05. The summed E-state index contributed by atoms with van der Waals surface area (Å²) in [7, 11) is -3.57. The van der Waals surface area contributed by atoms with Crippen LogP contribution in [0.2, 0.25) is 0 Å². The van der Waals surface area contributed by atoms with Gasteiger partial charge < -0.3 is 10.1 Å². The highest BCUT2D eigenvalue weighted by atomic mass is 32.2. The molecule has 0 aromatic heterocycles. The molecule has 0 aliphatic carbocycles. The van der Waals surface area contributed by atoms with Gasteiger partial charge in [0.15, 0.2) is 0 Å². The Kier molecular flexibility index (Phi) is 6.70. The molecule has 1 fully saturated rings. The zero-order valence-electron chi connectivity index (χ0n) is 16.0. The van der Waals surface area contributed by atoms with Crippen molar-refractivity contribution in [2.75, 3.05) is 19.7 Å². The number of piperidine rings is 1. The highest BCUT2D eigenvalue weighted by Crippen LogP contribution is 2.24. The summed E-state index contributed by atoms with van der Waals surface area (Å²) in [5, 5.41) is 2.95. The summed E-state index contributed by atoms with van der Waals surface area (Å²) in [6, 6.07) is 17.6. The predicted molar refractivity (Wildman–Crippen MR) is 107 cm³/mol. The molecular formula is C21H26N2O4S. The molecule has 1 amide bonds. The normalized spacial score (nSPS) is 19.0. The lowest BCUT2D eigenvalue weighted by atomic mass is 9.98. The molecule has 0 bridgehead atoms. The summed E-state index contributed by atoms with van der Waals surface area (Å²) in [4.78, 5) is 12.9. The minimum absolute atomic E-state index is 0.128. The molecule has 1 saturated heterocycles. The highest BCUT2D eigenvalue weighted by molar-refractivity contribution is 7.89. The zero-order chi connectivity index (χ0) is 20.0. The van der Waals surface area contributed by atoms with Crippen molar-refractivity contribution >= 4 is 15.9 Å². The van der Waals surface area contributed by atoms with Crippen molar-refractivity contribution in [1.29, 1.82) is 0 Å². The molecule has 0 spiro atoms. The third-order valence-electron chi connectivity index (χ3n) is 4.77. The Labute approximate surface area is 166 Å². The van der Waals surface area contributed by atoms with Crippen LogP contribution in [-0.4, -0.2) is 44.4 Å². The molecule has 1 aliphatic heterocycles. The van der Waals surface area contributed by atoms with E-state index < -0.39 is 10.0 Å². The molecule has 0 unspecified atom stereocenters. The van der Waals surface area contributed by atoms with Gasteiger partial charge in [0.05, 0.1) is 16.9 Å². The lowest BCUT2D eigenvalue weighted by Crippen LogP contribution is -2.48. The van der Waals surface area contributed by atoms with Crippen molar-refractivity contribution in [1.82, 2.24) is 9.62 Å². The largest absolute Gasteiger partial charge is 0.491 e. The number of hydrogen-bond acceptors (Lipinski definition) is 4. The molecule has 0 saturated carbocycles. The van der Waals surface area contributed by atoms with Gasteiger partial charge >= 0.3 is 0 Å². The standard InChI is InChI=1S/C21H26N2O4S/c1-17(16-27-19-10-4-2-5-11-19)22-21(24)18-9-8-14-23(15-18)28(25,26)20-12-6-3-7-13-20/h2-7,10-13,17-18H,8-9,14-16H2,1H3,(H,22,24)/t17-,18+/m0/s1. The van der Waals surface area contributed by atoms with Gasteiger partial charge in [0.25, 0.3) is 0 Å². The van der Waals surface area contributed by atoms with Crippen LogP contribution in [0.15, 0.2) is 65.6 Å². The molecular weight excluding hydrogens is 376 g/mol. The van der Waals surface area contributed by atoms with Crippen molar-refractivity contribution in [3.8, 4) is 5.75 Å². The van der Waals surface area contributed by atoms with E-state index in [0.29, 0.717) is 26.0 Å². The van der Waals surface area contributed by atoms with Gasteiger partial charge in [0, 0.05) is 13.1 Å². The third-order valence-corrected chi connectivity index (χ3v) is 6.65. The molecule has 1 heterocycles. The molecule has 0 radical (unpaired) electrons. The molecule has 28 heavy (non-hydrogen) atoms. The van der Waals surface area contributed by atoms with Crippen LogP contribution in [0.4, 0.5) is 0 Å². The molecule has 6 nitrogen and oxygen atoms in total. The van der Waals surface area contributed by atoms with E-state index in [2.05, 4.69) is 5.32 Å². The number of para-hydroxylation sites is 1. The van der Waals surface area contributed by atoms with Crippen LogP contribution in [0.25, 0.3) is 0 Å². The highest BCUT2D eigenvalue weighted by Gasteiger charge is 2.33. The minimum atomic E-state index is -3.57. The number of carbonyl (C=O) groups is 1. The van der Waals surface area contributed by atoms with Crippen molar-refractivity contribution in [2.45, 2.75) is 30.7 Å². The fourth-order valence-corrected chi connectivity index (χ4v) is 4.80. The Morgan fingerprint density at radius 3 is 2.46 bits per heavy atom. The van der Waals surface area contributed by atoms with Gasteiger partial charge in [-0.15, -0.1) is 0 Å². The Hall–Kier alpha value is -2.38. The fourth-order valence-electron chi connectivity index (χ4n) is 3.26. The van der Waals surface area contributed by atoms with Gasteiger partial charge in [-0.05, 0) is 44.0 Å². The van der Waals surface area contributed by atoms with Gasteiger partial charge in [0.1, 0.15) is 12.4 Å². The average molecular weight is 403 g/mol. The van der Waals surface area contributed by atoms with Gasteiger partial charge in [-0.2, -0.15) is 4.31 Å². The molecule has 1 aliphatic rings. The van der Waals surface area contributed by atoms with E-state index in [0.717, 1.165) is 5.75 Å². The Morgan fingerprint density at radius 2 is 1.79 bits per heavy atom. The Morgan fingerprint density at radius 1 is 1.14 bits per heavy atom. The first-order valence-electron chi connectivity index (χ1n) is 9.50.